The van der Waals surface area contributed by atoms with Crippen LogP contribution in [0.2, 0.25) is 0 Å². The summed E-state index contributed by atoms with van der Waals surface area (Å²) < 4.78 is 54.3. The Morgan fingerprint density at radius 1 is 0.909 bits per heavy atom. The highest BCUT2D eigenvalue weighted by molar-refractivity contribution is 7.92. The summed E-state index contributed by atoms with van der Waals surface area (Å²) in [7, 11) is -7.26. The fourth-order valence-corrected chi connectivity index (χ4v) is 5.85. The molecular weight excluding hydrogens is 458 g/mol. The minimum Gasteiger partial charge on any atom is -0.284 e. The predicted octanol–water partition coefficient (Wildman–Crippen LogP) is 4.30. The normalized spacial score (nSPS) is 16.5. The third-order valence-electron chi connectivity index (χ3n) is 5.58. The number of nitrogens with zero attached hydrogens (tertiary/aromatic N) is 2. The van der Waals surface area contributed by atoms with E-state index >= 15 is 0 Å². The highest BCUT2D eigenvalue weighted by Crippen LogP contribution is 2.38. The number of sulfonamides is 2. The van der Waals surface area contributed by atoms with E-state index in [0.717, 1.165) is 16.7 Å². The van der Waals surface area contributed by atoms with Gasteiger partial charge in [0.1, 0.15) is 0 Å². The molecule has 0 fully saturated rings. The lowest BCUT2D eigenvalue weighted by molar-refractivity contribution is 0.370. The maximum Gasteiger partial charge on any atom is 0.279 e. The first-order valence-electron chi connectivity index (χ1n) is 10.5. The maximum absolute atomic E-state index is 13.5. The zero-order valence-electron chi connectivity index (χ0n) is 18.3. The van der Waals surface area contributed by atoms with Crippen molar-refractivity contribution < 1.29 is 16.8 Å². The molecule has 1 N–H and O–H groups in total. The van der Waals surface area contributed by atoms with Crippen LogP contribution in [0.15, 0.2) is 88.9 Å². The van der Waals surface area contributed by atoms with Crippen LogP contribution in [0.5, 0.6) is 0 Å². The standard InChI is InChI=1S/C24H25N3O4S2/c1-3-32(28,29)26-20-15-13-19(14-16-20)23-17-24(22-12-8-7-9-18(22)2)27(25-23)33(30,31)21-10-5-4-6-11-21/h4-16,24,26H,3,17H2,1-2H3/t24-/m0/s1. The Hall–Kier alpha value is -3.17. The second kappa shape index (κ2) is 8.99. The first-order valence-corrected chi connectivity index (χ1v) is 13.6. The fourth-order valence-electron chi connectivity index (χ4n) is 3.76. The summed E-state index contributed by atoms with van der Waals surface area (Å²) in [5, 5.41) is 4.55. The fraction of sp³-hybridized carbons (Fsp3) is 0.208. The number of anilines is 1. The van der Waals surface area contributed by atoms with Gasteiger partial charge in [0.25, 0.3) is 10.0 Å². The van der Waals surface area contributed by atoms with Gasteiger partial charge in [0.15, 0.2) is 0 Å². The van der Waals surface area contributed by atoms with Crippen LogP contribution in [0.4, 0.5) is 5.69 Å². The predicted molar refractivity (Wildman–Crippen MR) is 130 cm³/mol. The maximum atomic E-state index is 13.5. The van der Waals surface area contributed by atoms with Crippen molar-refractivity contribution in [3.8, 4) is 0 Å². The molecule has 0 unspecified atom stereocenters. The third kappa shape index (κ3) is 4.79. The van der Waals surface area contributed by atoms with E-state index in [1.807, 2.05) is 31.2 Å². The summed E-state index contributed by atoms with van der Waals surface area (Å²) in [6.45, 7) is 3.52. The van der Waals surface area contributed by atoms with Crippen molar-refractivity contribution in [3.05, 3.63) is 95.6 Å². The summed E-state index contributed by atoms with van der Waals surface area (Å²) in [5.74, 6) is -0.0220. The second-order valence-electron chi connectivity index (χ2n) is 7.80. The van der Waals surface area contributed by atoms with Crippen molar-refractivity contribution >= 4 is 31.4 Å². The van der Waals surface area contributed by atoms with E-state index in [1.165, 1.54) is 4.41 Å². The Bertz CT molecular complexity index is 1390. The van der Waals surface area contributed by atoms with Gasteiger partial charge in [0.05, 0.1) is 22.4 Å². The van der Waals surface area contributed by atoms with Gasteiger partial charge in [-0.1, -0.05) is 54.6 Å². The van der Waals surface area contributed by atoms with Crippen LogP contribution in [0.1, 0.15) is 36.1 Å². The molecule has 1 aliphatic rings. The molecule has 9 heteroatoms. The van der Waals surface area contributed by atoms with Gasteiger partial charge in [-0.25, -0.2) is 8.42 Å². The summed E-state index contributed by atoms with van der Waals surface area (Å²) in [6, 6.07) is 22.3. The summed E-state index contributed by atoms with van der Waals surface area (Å²) in [5.41, 5.74) is 3.68. The number of hydrogen-bond donors (Lipinski definition) is 1. The molecule has 0 saturated heterocycles. The lowest BCUT2D eigenvalue weighted by Gasteiger charge is -2.24. The Kier molecular flexibility index (Phi) is 6.27. The molecule has 3 aromatic carbocycles. The van der Waals surface area contributed by atoms with E-state index in [4.69, 9.17) is 0 Å². The topological polar surface area (TPSA) is 95.9 Å². The molecule has 0 amide bonds. The first kappa shape index (κ1) is 23.0. The Morgan fingerprint density at radius 3 is 2.18 bits per heavy atom. The molecular formula is C24H25N3O4S2. The highest BCUT2D eigenvalue weighted by Gasteiger charge is 2.38. The van der Waals surface area contributed by atoms with E-state index in [2.05, 4.69) is 9.82 Å². The van der Waals surface area contributed by atoms with Crippen LogP contribution >= 0.6 is 0 Å². The number of benzene rings is 3. The number of nitrogens with one attached hydrogen (secondary N) is 1. The lowest BCUT2D eigenvalue weighted by Crippen LogP contribution is -2.27. The van der Waals surface area contributed by atoms with Gasteiger partial charge in [-0.2, -0.15) is 17.9 Å². The zero-order chi connectivity index (χ0) is 23.6. The van der Waals surface area contributed by atoms with Crippen molar-refractivity contribution in [2.24, 2.45) is 5.10 Å². The highest BCUT2D eigenvalue weighted by atomic mass is 32.2. The van der Waals surface area contributed by atoms with E-state index < -0.39 is 26.1 Å². The van der Waals surface area contributed by atoms with Crippen LogP contribution in [0.25, 0.3) is 0 Å². The van der Waals surface area contributed by atoms with E-state index in [0.29, 0.717) is 17.8 Å². The molecule has 1 heterocycles. The summed E-state index contributed by atoms with van der Waals surface area (Å²) in [4.78, 5) is 0.179. The smallest absolute Gasteiger partial charge is 0.279 e. The van der Waals surface area contributed by atoms with Crippen LogP contribution in [-0.2, 0) is 20.0 Å². The molecule has 172 valence electrons. The van der Waals surface area contributed by atoms with E-state index in [9.17, 15) is 16.8 Å². The monoisotopic (exact) mass is 483 g/mol. The molecule has 1 aliphatic heterocycles. The molecule has 33 heavy (non-hydrogen) atoms. The summed E-state index contributed by atoms with van der Waals surface area (Å²) >= 11 is 0. The Labute approximate surface area is 194 Å². The van der Waals surface area contributed by atoms with Crippen LogP contribution < -0.4 is 4.72 Å². The SMILES string of the molecule is CCS(=O)(=O)Nc1ccc(C2=NN(S(=O)(=O)c3ccccc3)[C@H](c3ccccc3C)C2)cc1. The van der Waals surface area contributed by atoms with Crippen molar-refractivity contribution in [1.82, 2.24) is 4.41 Å². The molecule has 0 aliphatic carbocycles. The number of hydrogen-bond acceptors (Lipinski definition) is 5. The van der Waals surface area contributed by atoms with Gasteiger partial charge in [-0.3, -0.25) is 4.72 Å². The molecule has 0 aromatic heterocycles. The van der Waals surface area contributed by atoms with Crippen molar-refractivity contribution in [3.63, 3.8) is 0 Å². The van der Waals surface area contributed by atoms with Crippen LogP contribution in [0.3, 0.4) is 0 Å². The van der Waals surface area contributed by atoms with Crippen molar-refractivity contribution in [2.45, 2.75) is 31.2 Å². The van der Waals surface area contributed by atoms with Gasteiger partial charge in [-0.15, -0.1) is 0 Å². The van der Waals surface area contributed by atoms with Gasteiger partial charge in [-0.05, 0) is 54.8 Å². The van der Waals surface area contributed by atoms with E-state index in [1.54, 1.807) is 61.5 Å². The molecule has 1 atom stereocenters. The Balaban J connectivity index is 1.73. The minimum atomic E-state index is -3.88. The number of hydrazone groups is 1. The molecule has 0 spiro atoms. The second-order valence-corrected chi connectivity index (χ2v) is 11.6. The first-order chi connectivity index (χ1) is 15.7. The van der Waals surface area contributed by atoms with Crippen molar-refractivity contribution in [2.75, 3.05) is 10.5 Å². The molecule has 0 saturated carbocycles. The molecule has 3 aromatic rings. The minimum absolute atomic E-state index is 0.0220. The van der Waals surface area contributed by atoms with Crippen LogP contribution in [-0.4, -0.2) is 32.7 Å². The number of rotatable bonds is 7. The lowest BCUT2D eigenvalue weighted by atomic mass is 9.96. The Morgan fingerprint density at radius 2 is 1.55 bits per heavy atom. The average Bonchev–Trinajstić information content (AvgIpc) is 3.26. The average molecular weight is 484 g/mol. The van der Waals surface area contributed by atoms with Gasteiger partial charge in [0, 0.05) is 12.1 Å². The molecule has 0 radical (unpaired) electrons. The largest absolute Gasteiger partial charge is 0.284 e. The molecule has 7 nitrogen and oxygen atoms in total. The zero-order valence-corrected chi connectivity index (χ0v) is 20.0. The third-order valence-corrected chi connectivity index (χ3v) is 8.58. The van der Waals surface area contributed by atoms with Crippen LogP contribution in [0, 0.1) is 6.92 Å². The molecule has 0 bridgehead atoms. The van der Waals surface area contributed by atoms with Gasteiger partial charge < -0.3 is 0 Å². The molecule has 4 rings (SSSR count). The van der Waals surface area contributed by atoms with E-state index in [-0.39, 0.29) is 10.6 Å². The van der Waals surface area contributed by atoms with Gasteiger partial charge >= 0.3 is 0 Å². The number of aryl methyl sites for hydroxylation is 1. The van der Waals surface area contributed by atoms with Crippen molar-refractivity contribution in [1.29, 1.82) is 0 Å². The summed E-state index contributed by atoms with van der Waals surface area (Å²) in [6.07, 6.45) is 0.400. The quantitative estimate of drug-likeness (QED) is 0.542. The van der Waals surface area contributed by atoms with Gasteiger partial charge in [0.2, 0.25) is 10.0 Å².